The van der Waals surface area contributed by atoms with E-state index < -0.39 is 11.5 Å². The molecule has 5 heteroatoms. The van der Waals surface area contributed by atoms with E-state index in [1.54, 1.807) is 0 Å². The number of likely N-dealkylation sites (tertiary alicyclic amines) is 1. The number of nitrogens with zero attached hydrogens (tertiary/aromatic N) is 3. The van der Waals surface area contributed by atoms with Gasteiger partial charge in [0.05, 0.1) is 0 Å². The van der Waals surface area contributed by atoms with Gasteiger partial charge in [-0.3, -0.25) is 14.6 Å². The van der Waals surface area contributed by atoms with Crippen LogP contribution in [0.5, 0.6) is 0 Å². The minimum Gasteiger partial charge on any atom is -0.480 e. The van der Waals surface area contributed by atoms with Crippen molar-refractivity contribution in [3.05, 3.63) is 0 Å². The Bertz CT molecular complexity index is 364. The lowest BCUT2D eigenvalue weighted by molar-refractivity contribution is -0.152. The van der Waals surface area contributed by atoms with Gasteiger partial charge in [0.15, 0.2) is 0 Å². The number of carboxylic acid groups (broad SMARTS) is 1. The van der Waals surface area contributed by atoms with Gasteiger partial charge in [-0.25, -0.2) is 0 Å². The van der Waals surface area contributed by atoms with Crippen LogP contribution in [0.25, 0.3) is 0 Å². The summed E-state index contributed by atoms with van der Waals surface area (Å²) >= 11 is 0. The van der Waals surface area contributed by atoms with Crippen LogP contribution in [-0.4, -0.2) is 83.2 Å². The topological polar surface area (TPSA) is 47.0 Å². The lowest BCUT2D eigenvalue weighted by Gasteiger charge is -2.42. The summed E-state index contributed by atoms with van der Waals surface area (Å²) in [4.78, 5) is 18.9. The molecule has 1 N–H and O–H groups in total. The lowest BCUT2D eigenvalue weighted by Crippen LogP contribution is -2.61. The van der Waals surface area contributed by atoms with E-state index in [9.17, 15) is 9.90 Å². The number of hydrogen-bond donors (Lipinski definition) is 1. The van der Waals surface area contributed by atoms with Crippen molar-refractivity contribution in [2.45, 2.75) is 43.8 Å². The lowest BCUT2D eigenvalue weighted by atomic mass is 9.93. The third-order valence-corrected chi connectivity index (χ3v) is 5.17. The molecule has 2 heterocycles. The molecule has 0 bridgehead atoms. The average Bonchev–Trinajstić information content (AvgIpc) is 3.14. The number of aliphatic carboxylic acids is 1. The molecule has 3 aliphatic rings. The number of likely N-dealkylation sites (N-methyl/N-ethyl adjacent to an activating group) is 1. The van der Waals surface area contributed by atoms with Crippen LogP contribution >= 0.6 is 0 Å². The zero-order chi connectivity index (χ0) is 13.6. The number of hydrogen-bond acceptors (Lipinski definition) is 4. The summed E-state index contributed by atoms with van der Waals surface area (Å²) in [6.45, 7) is 6.64. The fraction of sp³-hybridized carbons (Fsp3) is 0.929. The van der Waals surface area contributed by atoms with E-state index in [-0.39, 0.29) is 0 Å². The van der Waals surface area contributed by atoms with Gasteiger partial charge in [-0.2, -0.15) is 0 Å². The Kier molecular flexibility index (Phi) is 3.31. The smallest absolute Gasteiger partial charge is 0.325 e. The Morgan fingerprint density at radius 1 is 1.21 bits per heavy atom. The first-order chi connectivity index (χ1) is 9.03. The second kappa shape index (κ2) is 4.72. The van der Waals surface area contributed by atoms with E-state index in [0.717, 1.165) is 39.1 Å². The summed E-state index contributed by atoms with van der Waals surface area (Å²) in [5, 5.41) is 9.84. The van der Waals surface area contributed by atoms with E-state index in [0.29, 0.717) is 12.1 Å². The van der Waals surface area contributed by atoms with E-state index in [1.165, 1.54) is 12.8 Å². The van der Waals surface area contributed by atoms with Gasteiger partial charge in [-0.05, 0) is 33.2 Å². The third kappa shape index (κ3) is 2.28. The Morgan fingerprint density at radius 3 is 2.37 bits per heavy atom. The first-order valence-corrected chi connectivity index (χ1v) is 7.46. The summed E-state index contributed by atoms with van der Waals surface area (Å²) in [6.07, 6.45) is 3.29. The van der Waals surface area contributed by atoms with Crippen LogP contribution in [0.2, 0.25) is 0 Å². The summed E-state index contributed by atoms with van der Waals surface area (Å²) in [7, 11) is 2.11. The molecule has 5 nitrogen and oxygen atoms in total. The molecule has 0 aromatic heterocycles. The molecule has 0 radical (unpaired) electrons. The average molecular weight is 267 g/mol. The predicted octanol–water partition coefficient (Wildman–Crippen LogP) is 0.314. The van der Waals surface area contributed by atoms with Gasteiger partial charge in [0.25, 0.3) is 0 Å². The summed E-state index contributed by atoms with van der Waals surface area (Å²) < 4.78 is 0. The van der Waals surface area contributed by atoms with E-state index in [2.05, 4.69) is 28.7 Å². The molecular weight excluding hydrogens is 242 g/mol. The second-order valence-electron chi connectivity index (χ2n) is 6.58. The van der Waals surface area contributed by atoms with E-state index in [4.69, 9.17) is 0 Å². The van der Waals surface area contributed by atoms with Crippen molar-refractivity contribution in [2.24, 2.45) is 0 Å². The molecule has 2 unspecified atom stereocenters. The largest absolute Gasteiger partial charge is 0.480 e. The maximum atomic E-state index is 12.0. The molecule has 2 aliphatic heterocycles. The second-order valence-corrected chi connectivity index (χ2v) is 6.58. The molecule has 2 atom stereocenters. The maximum absolute atomic E-state index is 12.0. The molecule has 108 valence electrons. The Hall–Kier alpha value is -0.650. The minimum absolute atomic E-state index is 0.406. The van der Waals surface area contributed by atoms with Crippen molar-refractivity contribution in [2.75, 3.05) is 39.8 Å². The summed E-state index contributed by atoms with van der Waals surface area (Å²) in [5.74, 6) is -0.618. The molecule has 0 amide bonds. The Labute approximate surface area is 115 Å². The zero-order valence-corrected chi connectivity index (χ0v) is 12.0. The van der Waals surface area contributed by atoms with Gasteiger partial charge in [-0.1, -0.05) is 0 Å². The third-order valence-electron chi connectivity index (χ3n) is 5.17. The number of piperazine rings is 1. The Balaban J connectivity index is 1.78. The summed E-state index contributed by atoms with van der Waals surface area (Å²) in [5.41, 5.74) is -0.636. The van der Waals surface area contributed by atoms with Gasteiger partial charge in [0, 0.05) is 44.8 Å². The number of carbonyl (C=O) groups is 1. The van der Waals surface area contributed by atoms with Crippen molar-refractivity contribution in [3.8, 4) is 0 Å². The van der Waals surface area contributed by atoms with Crippen LogP contribution in [-0.2, 0) is 4.79 Å². The molecule has 0 spiro atoms. The first-order valence-electron chi connectivity index (χ1n) is 7.46. The van der Waals surface area contributed by atoms with Crippen molar-refractivity contribution >= 4 is 5.97 Å². The van der Waals surface area contributed by atoms with Crippen LogP contribution in [0.3, 0.4) is 0 Å². The van der Waals surface area contributed by atoms with Crippen LogP contribution in [0, 0.1) is 0 Å². The SMILES string of the molecule is CC1CC(C(=O)O)(N2CCN(C)CC2)CN1C1CC1. The zero-order valence-electron chi connectivity index (χ0n) is 12.0. The quantitative estimate of drug-likeness (QED) is 0.797. The normalized spacial score (nSPS) is 38.7. The highest BCUT2D eigenvalue weighted by atomic mass is 16.4. The molecule has 3 rings (SSSR count). The number of rotatable bonds is 3. The molecule has 19 heavy (non-hydrogen) atoms. The maximum Gasteiger partial charge on any atom is 0.325 e. The van der Waals surface area contributed by atoms with Crippen molar-refractivity contribution in [1.29, 1.82) is 0 Å². The van der Waals surface area contributed by atoms with Gasteiger partial charge >= 0.3 is 5.97 Å². The van der Waals surface area contributed by atoms with Crippen LogP contribution in [0.15, 0.2) is 0 Å². The monoisotopic (exact) mass is 267 g/mol. The van der Waals surface area contributed by atoms with Crippen molar-refractivity contribution in [3.63, 3.8) is 0 Å². The highest BCUT2D eigenvalue weighted by molar-refractivity contribution is 5.80. The molecule has 3 fully saturated rings. The first kappa shape index (κ1) is 13.3. The highest BCUT2D eigenvalue weighted by Crippen LogP contribution is 2.40. The molecular formula is C14H25N3O2. The van der Waals surface area contributed by atoms with Crippen molar-refractivity contribution in [1.82, 2.24) is 14.7 Å². The van der Waals surface area contributed by atoms with Gasteiger partial charge in [0.2, 0.25) is 0 Å². The molecule has 1 aliphatic carbocycles. The van der Waals surface area contributed by atoms with Crippen LogP contribution in [0.1, 0.15) is 26.2 Å². The van der Waals surface area contributed by atoms with Gasteiger partial charge in [-0.15, -0.1) is 0 Å². The molecule has 0 aromatic rings. The van der Waals surface area contributed by atoms with E-state index in [1.807, 2.05) is 0 Å². The van der Waals surface area contributed by atoms with Gasteiger partial charge in [0.1, 0.15) is 5.54 Å². The van der Waals surface area contributed by atoms with Crippen LogP contribution in [0.4, 0.5) is 0 Å². The minimum atomic E-state index is -0.636. The van der Waals surface area contributed by atoms with Crippen LogP contribution < -0.4 is 0 Å². The van der Waals surface area contributed by atoms with Crippen molar-refractivity contribution < 1.29 is 9.90 Å². The highest BCUT2D eigenvalue weighted by Gasteiger charge is 2.54. The predicted molar refractivity (Wildman–Crippen MR) is 73.2 cm³/mol. The fourth-order valence-electron chi connectivity index (χ4n) is 3.78. The fourth-order valence-corrected chi connectivity index (χ4v) is 3.78. The standard InChI is InChI=1S/C14H25N3O2/c1-11-9-14(13(18)19,10-17(11)12-3-4-12)16-7-5-15(2)6-8-16/h11-12H,3-10H2,1-2H3,(H,18,19). The summed E-state index contributed by atoms with van der Waals surface area (Å²) in [6, 6.07) is 1.06. The van der Waals surface area contributed by atoms with Gasteiger partial charge < -0.3 is 10.0 Å². The molecule has 2 saturated heterocycles. The molecule has 1 saturated carbocycles. The Morgan fingerprint density at radius 2 is 1.84 bits per heavy atom. The molecule has 0 aromatic carbocycles. The van der Waals surface area contributed by atoms with E-state index >= 15 is 0 Å². The number of carboxylic acids is 1.